The van der Waals surface area contributed by atoms with Gasteiger partial charge >= 0.3 is 0 Å². The number of rotatable bonds is 6. The zero-order chi connectivity index (χ0) is 18.7. The first-order valence-corrected chi connectivity index (χ1v) is 9.88. The summed E-state index contributed by atoms with van der Waals surface area (Å²) < 4.78 is 14.5. The Balaban J connectivity index is 0.00000261. The fourth-order valence-electron chi connectivity index (χ4n) is 3.57. The molecule has 0 aromatic heterocycles. The Morgan fingerprint density at radius 2 is 2.04 bits per heavy atom. The van der Waals surface area contributed by atoms with E-state index in [2.05, 4.69) is 0 Å². The number of Topliss-reactive ketones (excluding diaryl/α,β-unsaturated/α-hetero) is 1. The summed E-state index contributed by atoms with van der Waals surface area (Å²) in [4.78, 5) is 26.4. The lowest BCUT2D eigenvalue weighted by atomic mass is 9.93. The fraction of sp³-hybridized carbons (Fsp3) is 0.500. The molecule has 1 saturated carbocycles. The minimum Gasteiger partial charge on any atom is -0.392 e. The zero-order valence-corrected chi connectivity index (χ0v) is 16.9. The molecule has 1 aromatic rings. The Labute approximate surface area is 169 Å². The second-order valence-electron chi connectivity index (χ2n) is 6.92. The number of likely N-dealkylation sites (tertiary alicyclic amines) is 1. The van der Waals surface area contributed by atoms with Crippen molar-refractivity contribution in [1.29, 1.82) is 0 Å². The van der Waals surface area contributed by atoms with Crippen LogP contribution in [0.25, 0.3) is 0 Å². The molecule has 0 radical (unpaired) electrons. The molecule has 2 atom stereocenters. The number of benzene rings is 1. The number of halogens is 2. The number of ketones is 1. The first-order valence-electron chi connectivity index (χ1n) is 9.00. The van der Waals surface area contributed by atoms with Gasteiger partial charge < -0.3 is 5.11 Å². The smallest absolute Gasteiger partial charge is 0.186 e. The van der Waals surface area contributed by atoms with E-state index in [1.54, 1.807) is 24.3 Å². The van der Waals surface area contributed by atoms with E-state index < -0.39 is 6.04 Å². The molecule has 1 aromatic carbocycles. The quantitative estimate of drug-likeness (QED) is 0.723. The van der Waals surface area contributed by atoms with Crippen LogP contribution < -0.4 is 0 Å². The summed E-state index contributed by atoms with van der Waals surface area (Å²) in [6.45, 7) is 2.50. The molecule has 1 N–H and O–H groups in total. The lowest BCUT2D eigenvalue weighted by Gasteiger charge is -2.38. The third-order valence-corrected chi connectivity index (χ3v) is 6.11. The molecule has 2 aliphatic rings. The fourth-order valence-corrected chi connectivity index (χ4v) is 4.52. The Morgan fingerprint density at radius 3 is 2.63 bits per heavy atom. The molecule has 148 valence electrons. The number of thioether (sulfide) groups is 1. The summed E-state index contributed by atoms with van der Waals surface area (Å²) in [6.07, 6.45) is 4.16. The highest BCUT2D eigenvalue weighted by Gasteiger charge is 2.41. The molecule has 3 rings (SSSR count). The molecule has 7 heteroatoms. The highest BCUT2D eigenvalue weighted by Crippen LogP contribution is 2.40. The van der Waals surface area contributed by atoms with Crippen molar-refractivity contribution in [2.75, 3.05) is 19.7 Å². The molecule has 1 aliphatic carbocycles. The van der Waals surface area contributed by atoms with Crippen LogP contribution in [0.1, 0.15) is 37.8 Å². The average Bonchev–Trinajstić information content (AvgIpc) is 3.44. The van der Waals surface area contributed by atoms with Gasteiger partial charge in [-0.3, -0.25) is 14.5 Å². The van der Waals surface area contributed by atoms with Crippen molar-refractivity contribution in [2.24, 2.45) is 5.92 Å². The standard InChI is InChI=1S/C20H24FNO3S.ClH/c1-13(24)26-18-8-10-22(12-15(18)9-11-23)19(20(25)14-6-7-14)16-4-2-3-5-17(16)21;/h2-5,9,14,18-19,23H,6-8,10-12H2,1H3;1H/t18-,19?;/m0./s1. The van der Waals surface area contributed by atoms with E-state index >= 15 is 0 Å². The number of aliphatic hydroxyl groups is 1. The first kappa shape index (κ1) is 22.1. The topological polar surface area (TPSA) is 57.6 Å². The Morgan fingerprint density at radius 1 is 1.33 bits per heavy atom. The van der Waals surface area contributed by atoms with Gasteiger partial charge in [-0.05, 0) is 30.9 Å². The Hall–Kier alpha value is -1.21. The number of hydrogen-bond donors (Lipinski definition) is 1. The molecule has 4 nitrogen and oxygen atoms in total. The van der Waals surface area contributed by atoms with Crippen LogP contribution in [0.4, 0.5) is 4.39 Å². The monoisotopic (exact) mass is 413 g/mol. The zero-order valence-electron chi connectivity index (χ0n) is 15.3. The van der Waals surface area contributed by atoms with Gasteiger partial charge in [0, 0.05) is 36.7 Å². The number of hydrogen-bond acceptors (Lipinski definition) is 5. The minimum atomic E-state index is -0.603. The predicted octanol–water partition coefficient (Wildman–Crippen LogP) is 3.54. The van der Waals surface area contributed by atoms with E-state index in [0.29, 0.717) is 25.1 Å². The first-order chi connectivity index (χ1) is 12.5. The van der Waals surface area contributed by atoms with Crippen molar-refractivity contribution in [1.82, 2.24) is 4.90 Å². The van der Waals surface area contributed by atoms with Crippen LogP contribution in [-0.2, 0) is 9.59 Å². The van der Waals surface area contributed by atoms with E-state index in [9.17, 15) is 19.1 Å². The molecule has 1 aliphatic heterocycles. The van der Waals surface area contributed by atoms with Crippen LogP contribution in [0.3, 0.4) is 0 Å². The summed E-state index contributed by atoms with van der Waals surface area (Å²) in [7, 11) is 0. The van der Waals surface area contributed by atoms with Gasteiger partial charge in [0.1, 0.15) is 5.82 Å². The normalized spacial score (nSPS) is 22.9. The summed E-state index contributed by atoms with van der Waals surface area (Å²) in [5.41, 5.74) is 1.36. The summed E-state index contributed by atoms with van der Waals surface area (Å²) in [5, 5.41) is 9.39. The number of carbonyl (C=O) groups excluding carboxylic acids is 2. The largest absolute Gasteiger partial charge is 0.392 e. The van der Waals surface area contributed by atoms with E-state index in [4.69, 9.17) is 0 Å². The molecule has 0 amide bonds. The number of nitrogens with zero attached hydrogens (tertiary/aromatic N) is 1. The number of carbonyl (C=O) groups is 2. The molecule has 2 fully saturated rings. The highest BCUT2D eigenvalue weighted by molar-refractivity contribution is 8.14. The van der Waals surface area contributed by atoms with Crippen LogP contribution in [0, 0.1) is 11.7 Å². The number of piperidine rings is 1. The van der Waals surface area contributed by atoms with Gasteiger partial charge in [-0.25, -0.2) is 4.39 Å². The number of aliphatic hydroxyl groups excluding tert-OH is 1. The molecule has 27 heavy (non-hydrogen) atoms. The maximum absolute atomic E-state index is 14.5. The van der Waals surface area contributed by atoms with Crippen molar-refractivity contribution in [3.8, 4) is 0 Å². The highest BCUT2D eigenvalue weighted by atomic mass is 35.5. The molecule has 0 bridgehead atoms. The Kier molecular flexibility index (Phi) is 8.04. The SMILES string of the molecule is CC(=O)S[C@H]1CCN(C(C(=O)C2CC2)c2ccccc2F)CC1=CCO.Cl. The van der Waals surface area contributed by atoms with Crippen molar-refractivity contribution in [3.05, 3.63) is 47.3 Å². The summed E-state index contributed by atoms with van der Waals surface area (Å²) >= 11 is 1.26. The Bertz CT molecular complexity index is 723. The second-order valence-corrected chi connectivity index (χ2v) is 8.30. The lowest BCUT2D eigenvalue weighted by Crippen LogP contribution is -2.43. The molecular weight excluding hydrogens is 389 g/mol. The predicted molar refractivity (Wildman–Crippen MR) is 108 cm³/mol. The van der Waals surface area contributed by atoms with Gasteiger partial charge in [0.2, 0.25) is 0 Å². The maximum atomic E-state index is 14.5. The summed E-state index contributed by atoms with van der Waals surface area (Å²) in [6, 6.07) is 5.87. The van der Waals surface area contributed by atoms with Crippen LogP contribution in [0.5, 0.6) is 0 Å². The third kappa shape index (κ3) is 5.41. The van der Waals surface area contributed by atoms with Gasteiger partial charge in [-0.2, -0.15) is 0 Å². The van der Waals surface area contributed by atoms with E-state index in [-0.39, 0.29) is 46.9 Å². The van der Waals surface area contributed by atoms with Crippen molar-refractivity contribution >= 4 is 35.1 Å². The van der Waals surface area contributed by atoms with Gasteiger partial charge in [0.05, 0.1) is 12.6 Å². The molecular formula is C20H25ClFNO3S. The molecule has 1 heterocycles. The van der Waals surface area contributed by atoms with Crippen LogP contribution in [-0.4, -0.2) is 45.9 Å². The molecule has 1 saturated heterocycles. The van der Waals surface area contributed by atoms with Crippen LogP contribution in [0.15, 0.2) is 35.9 Å². The van der Waals surface area contributed by atoms with Gasteiger partial charge in [0.25, 0.3) is 0 Å². The average molecular weight is 414 g/mol. The lowest BCUT2D eigenvalue weighted by molar-refractivity contribution is -0.126. The van der Waals surface area contributed by atoms with E-state index in [0.717, 1.165) is 18.4 Å². The van der Waals surface area contributed by atoms with Crippen molar-refractivity contribution < 1.29 is 19.1 Å². The van der Waals surface area contributed by atoms with Crippen molar-refractivity contribution in [2.45, 2.75) is 37.5 Å². The molecule has 1 unspecified atom stereocenters. The maximum Gasteiger partial charge on any atom is 0.186 e. The van der Waals surface area contributed by atoms with E-state index in [1.165, 1.54) is 24.8 Å². The van der Waals surface area contributed by atoms with E-state index in [1.807, 2.05) is 4.90 Å². The summed E-state index contributed by atoms with van der Waals surface area (Å²) in [5.74, 6) is -0.260. The second kappa shape index (κ2) is 9.82. The minimum absolute atomic E-state index is 0. The van der Waals surface area contributed by atoms with Gasteiger partial charge in [-0.15, -0.1) is 12.4 Å². The third-order valence-electron chi connectivity index (χ3n) is 4.95. The van der Waals surface area contributed by atoms with Gasteiger partial charge in [-0.1, -0.05) is 36.0 Å². The van der Waals surface area contributed by atoms with Gasteiger partial charge in [0.15, 0.2) is 10.9 Å². The van der Waals surface area contributed by atoms with Crippen LogP contribution in [0.2, 0.25) is 0 Å². The molecule has 0 spiro atoms. The van der Waals surface area contributed by atoms with Crippen molar-refractivity contribution in [3.63, 3.8) is 0 Å². The van der Waals surface area contributed by atoms with Crippen LogP contribution >= 0.6 is 24.2 Å².